The SMILES string of the molecule is CC(C)(NCCSC1CCNCC1)c1nccs1. The summed E-state index contributed by atoms with van der Waals surface area (Å²) in [6.07, 6.45) is 4.52. The second-order valence-electron chi connectivity index (χ2n) is 5.21. The first-order valence-electron chi connectivity index (χ1n) is 6.66. The van der Waals surface area contributed by atoms with E-state index in [9.17, 15) is 0 Å². The van der Waals surface area contributed by atoms with Crippen molar-refractivity contribution in [3.63, 3.8) is 0 Å². The van der Waals surface area contributed by atoms with Crippen molar-refractivity contribution in [2.24, 2.45) is 0 Å². The molecule has 1 aromatic rings. The molecule has 2 rings (SSSR count). The highest BCUT2D eigenvalue weighted by Gasteiger charge is 2.22. The minimum Gasteiger partial charge on any atom is -0.317 e. The predicted molar refractivity (Wildman–Crippen MR) is 81.5 cm³/mol. The highest BCUT2D eigenvalue weighted by atomic mass is 32.2. The largest absolute Gasteiger partial charge is 0.317 e. The van der Waals surface area contributed by atoms with Gasteiger partial charge in [0.2, 0.25) is 0 Å². The van der Waals surface area contributed by atoms with Crippen molar-refractivity contribution < 1.29 is 0 Å². The summed E-state index contributed by atoms with van der Waals surface area (Å²) in [5.74, 6) is 1.19. The zero-order valence-electron chi connectivity index (χ0n) is 11.2. The summed E-state index contributed by atoms with van der Waals surface area (Å²) in [6.45, 7) is 7.86. The summed E-state index contributed by atoms with van der Waals surface area (Å²) in [7, 11) is 0. The number of aromatic nitrogens is 1. The monoisotopic (exact) mass is 285 g/mol. The van der Waals surface area contributed by atoms with Gasteiger partial charge in [-0.05, 0) is 39.8 Å². The van der Waals surface area contributed by atoms with Crippen LogP contribution in [0, 0.1) is 0 Å². The lowest BCUT2D eigenvalue weighted by atomic mass is 10.1. The second-order valence-corrected chi connectivity index (χ2v) is 7.51. The van der Waals surface area contributed by atoms with Crippen molar-refractivity contribution in [3.8, 4) is 0 Å². The zero-order valence-corrected chi connectivity index (χ0v) is 12.9. The Bertz CT molecular complexity index is 332. The van der Waals surface area contributed by atoms with Gasteiger partial charge in [0.25, 0.3) is 0 Å². The van der Waals surface area contributed by atoms with Gasteiger partial charge in [-0.3, -0.25) is 0 Å². The lowest BCUT2D eigenvalue weighted by Gasteiger charge is -2.25. The van der Waals surface area contributed by atoms with Crippen molar-refractivity contribution in [3.05, 3.63) is 16.6 Å². The summed E-state index contributed by atoms with van der Waals surface area (Å²) in [4.78, 5) is 4.40. The number of thioether (sulfide) groups is 1. The molecule has 18 heavy (non-hydrogen) atoms. The molecule has 0 unspecified atom stereocenters. The number of hydrogen-bond acceptors (Lipinski definition) is 5. The van der Waals surface area contributed by atoms with Gasteiger partial charge in [-0.15, -0.1) is 11.3 Å². The van der Waals surface area contributed by atoms with Gasteiger partial charge in [0.05, 0.1) is 5.54 Å². The summed E-state index contributed by atoms with van der Waals surface area (Å²) in [5.41, 5.74) is 0.00282. The third kappa shape index (κ3) is 4.23. The Labute approximate surface area is 118 Å². The molecule has 2 N–H and O–H groups in total. The van der Waals surface area contributed by atoms with Crippen molar-refractivity contribution >= 4 is 23.1 Å². The third-order valence-corrected chi connectivity index (χ3v) is 5.76. The molecule has 0 aliphatic carbocycles. The molecular formula is C13H23N3S2. The summed E-state index contributed by atoms with van der Waals surface area (Å²) in [6, 6.07) is 0. The van der Waals surface area contributed by atoms with Crippen LogP contribution in [0.25, 0.3) is 0 Å². The molecule has 0 spiro atoms. The van der Waals surface area contributed by atoms with Gasteiger partial charge in [-0.1, -0.05) is 0 Å². The van der Waals surface area contributed by atoms with Crippen LogP contribution >= 0.6 is 23.1 Å². The third-order valence-electron chi connectivity index (χ3n) is 3.28. The van der Waals surface area contributed by atoms with E-state index in [0.717, 1.165) is 11.8 Å². The molecule has 3 nitrogen and oxygen atoms in total. The van der Waals surface area contributed by atoms with E-state index in [1.165, 1.54) is 36.7 Å². The van der Waals surface area contributed by atoms with E-state index in [1.54, 1.807) is 11.3 Å². The molecule has 0 amide bonds. The first-order valence-corrected chi connectivity index (χ1v) is 8.58. The fourth-order valence-electron chi connectivity index (χ4n) is 2.16. The molecule has 102 valence electrons. The molecule has 0 atom stereocenters. The summed E-state index contributed by atoms with van der Waals surface area (Å²) >= 11 is 3.84. The molecule has 0 saturated carbocycles. The fourth-order valence-corrected chi connectivity index (χ4v) is 4.02. The Hall–Kier alpha value is -0.100. The Balaban J connectivity index is 1.65. The second kappa shape index (κ2) is 6.89. The minimum absolute atomic E-state index is 0.00282. The highest BCUT2D eigenvalue weighted by Crippen LogP contribution is 2.23. The van der Waals surface area contributed by atoms with Crippen LogP contribution in [-0.2, 0) is 5.54 Å². The molecule has 1 aromatic heterocycles. The summed E-state index contributed by atoms with van der Waals surface area (Å²) < 4.78 is 0. The van der Waals surface area contributed by atoms with Gasteiger partial charge >= 0.3 is 0 Å². The summed E-state index contributed by atoms with van der Waals surface area (Å²) in [5, 5.41) is 11.1. The average molecular weight is 285 g/mol. The predicted octanol–water partition coefficient (Wildman–Crippen LogP) is 2.45. The van der Waals surface area contributed by atoms with Crippen LogP contribution < -0.4 is 10.6 Å². The normalized spacial score (nSPS) is 18.1. The maximum absolute atomic E-state index is 4.40. The molecule has 1 aliphatic heterocycles. The molecule has 1 fully saturated rings. The number of nitrogens with one attached hydrogen (secondary N) is 2. The van der Waals surface area contributed by atoms with Crippen LogP contribution in [0.5, 0.6) is 0 Å². The highest BCUT2D eigenvalue weighted by molar-refractivity contribution is 7.99. The molecule has 0 aromatic carbocycles. The lowest BCUT2D eigenvalue weighted by Crippen LogP contribution is -2.38. The number of rotatable bonds is 6. The van der Waals surface area contributed by atoms with Gasteiger partial charge in [-0.25, -0.2) is 4.98 Å². The zero-order chi connectivity index (χ0) is 12.8. The molecule has 0 radical (unpaired) electrons. The molecule has 1 saturated heterocycles. The van der Waals surface area contributed by atoms with Crippen molar-refractivity contribution in [1.29, 1.82) is 0 Å². The maximum Gasteiger partial charge on any atom is 0.112 e. The smallest absolute Gasteiger partial charge is 0.112 e. The fraction of sp³-hybridized carbons (Fsp3) is 0.769. The van der Waals surface area contributed by atoms with E-state index in [4.69, 9.17) is 0 Å². The van der Waals surface area contributed by atoms with E-state index >= 15 is 0 Å². The molecular weight excluding hydrogens is 262 g/mol. The van der Waals surface area contributed by atoms with Crippen molar-refractivity contribution in [2.75, 3.05) is 25.4 Å². The first-order chi connectivity index (χ1) is 8.68. The van der Waals surface area contributed by atoms with Crippen LogP contribution in [0.15, 0.2) is 11.6 Å². The van der Waals surface area contributed by atoms with Crippen LogP contribution in [0.4, 0.5) is 0 Å². The van der Waals surface area contributed by atoms with Gasteiger partial charge < -0.3 is 10.6 Å². The maximum atomic E-state index is 4.40. The number of hydrogen-bond donors (Lipinski definition) is 2. The van der Waals surface area contributed by atoms with E-state index in [-0.39, 0.29) is 5.54 Å². The Morgan fingerprint density at radius 3 is 2.94 bits per heavy atom. The first kappa shape index (κ1) is 14.3. The topological polar surface area (TPSA) is 37.0 Å². The van der Waals surface area contributed by atoms with Crippen LogP contribution in [0.2, 0.25) is 0 Å². The minimum atomic E-state index is 0.00282. The molecule has 0 bridgehead atoms. The standard InChI is InChI=1S/C13H23N3S2/c1-13(2,12-15-7-9-18-12)16-8-10-17-11-3-5-14-6-4-11/h7,9,11,14,16H,3-6,8,10H2,1-2H3. The van der Waals surface area contributed by atoms with E-state index < -0.39 is 0 Å². The Morgan fingerprint density at radius 2 is 2.28 bits per heavy atom. The van der Waals surface area contributed by atoms with Crippen LogP contribution in [0.1, 0.15) is 31.7 Å². The number of thiazole rings is 1. The van der Waals surface area contributed by atoms with Crippen molar-refractivity contribution in [2.45, 2.75) is 37.5 Å². The van der Waals surface area contributed by atoms with Gasteiger partial charge in [0.1, 0.15) is 5.01 Å². The van der Waals surface area contributed by atoms with Gasteiger partial charge in [0.15, 0.2) is 0 Å². The Kier molecular flexibility index (Phi) is 5.48. The molecule has 5 heteroatoms. The molecule has 1 aliphatic rings. The lowest BCUT2D eigenvalue weighted by molar-refractivity contribution is 0.415. The van der Waals surface area contributed by atoms with E-state index in [2.05, 4.69) is 41.2 Å². The average Bonchev–Trinajstić information content (AvgIpc) is 2.91. The van der Waals surface area contributed by atoms with Gasteiger partial charge in [-0.2, -0.15) is 11.8 Å². The Morgan fingerprint density at radius 1 is 1.50 bits per heavy atom. The quantitative estimate of drug-likeness (QED) is 0.787. The van der Waals surface area contributed by atoms with Crippen molar-refractivity contribution in [1.82, 2.24) is 15.6 Å². The number of nitrogens with zero attached hydrogens (tertiary/aromatic N) is 1. The number of piperidine rings is 1. The van der Waals surface area contributed by atoms with E-state index in [1.807, 2.05) is 11.6 Å². The van der Waals surface area contributed by atoms with Crippen LogP contribution in [0.3, 0.4) is 0 Å². The van der Waals surface area contributed by atoms with Gasteiger partial charge in [0, 0.05) is 29.1 Å². The molecule has 2 heterocycles. The van der Waals surface area contributed by atoms with E-state index in [0.29, 0.717) is 0 Å². The van der Waals surface area contributed by atoms with Crippen LogP contribution in [-0.4, -0.2) is 35.6 Å².